The molecule has 3 nitrogen and oxygen atoms in total. The molecule has 0 unspecified atom stereocenters. The van der Waals surface area contributed by atoms with Crippen molar-refractivity contribution in [1.82, 2.24) is 0 Å². The van der Waals surface area contributed by atoms with Crippen molar-refractivity contribution in [2.75, 3.05) is 19.5 Å². The van der Waals surface area contributed by atoms with Gasteiger partial charge in [-0.3, -0.25) is 0 Å². The molecule has 0 heterocycles. The number of alkyl halides is 1. The first-order valence-electron chi connectivity index (χ1n) is 4.03. The second-order valence-electron chi connectivity index (χ2n) is 2.60. The van der Waals surface area contributed by atoms with Crippen LogP contribution in [-0.4, -0.2) is 25.5 Å². The van der Waals surface area contributed by atoms with Crippen molar-refractivity contribution in [3.63, 3.8) is 0 Å². The maximum Gasteiger partial charge on any atom is 0.333 e. The maximum absolute atomic E-state index is 11.0. The first-order valence-corrected chi connectivity index (χ1v) is 4.79. The van der Waals surface area contributed by atoms with Gasteiger partial charge in [-0.25, -0.2) is 4.79 Å². The van der Waals surface area contributed by atoms with Crippen LogP contribution in [-0.2, 0) is 9.53 Å². The molecule has 13 heavy (non-hydrogen) atoms. The number of esters is 1. The summed E-state index contributed by atoms with van der Waals surface area (Å²) in [5.74, 6) is -0.203. The predicted octanol–water partition coefficient (Wildman–Crippen LogP) is 1.56. The first kappa shape index (κ1) is 15.0. The molecule has 0 bridgehead atoms. The molecule has 0 radical (unpaired) electrons. The summed E-state index contributed by atoms with van der Waals surface area (Å²) in [5, 5.41) is 0. The van der Waals surface area contributed by atoms with E-state index in [9.17, 15) is 4.79 Å². The van der Waals surface area contributed by atoms with Crippen molar-refractivity contribution in [1.29, 1.82) is 0 Å². The molecular weight excluding hydrogens is 190 g/mol. The van der Waals surface area contributed by atoms with Crippen molar-refractivity contribution in [3.8, 4) is 0 Å². The van der Waals surface area contributed by atoms with Gasteiger partial charge in [0, 0.05) is 18.5 Å². The molecule has 0 atom stereocenters. The fraction of sp³-hybridized carbons (Fsp3) is 0.667. The van der Waals surface area contributed by atoms with E-state index in [0.29, 0.717) is 12.1 Å². The highest BCUT2D eigenvalue weighted by Crippen LogP contribution is 2.07. The Kier molecular flexibility index (Phi) is 11.0. The molecular formula is C9H18ClNO2. The third kappa shape index (κ3) is 7.81. The number of ether oxygens (including phenoxy) is 1. The molecule has 0 aromatic rings. The van der Waals surface area contributed by atoms with Crippen molar-refractivity contribution >= 4 is 17.6 Å². The van der Waals surface area contributed by atoms with E-state index in [1.165, 1.54) is 6.38 Å². The summed E-state index contributed by atoms with van der Waals surface area (Å²) in [7, 11) is 0. The Morgan fingerprint density at radius 1 is 1.54 bits per heavy atom. The largest absolute Gasteiger partial charge is 0.461 e. The van der Waals surface area contributed by atoms with Gasteiger partial charge in [0.05, 0.1) is 0 Å². The van der Waals surface area contributed by atoms with E-state index >= 15 is 0 Å². The van der Waals surface area contributed by atoms with Gasteiger partial charge in [-0.15, -0.1) is 11.6 Å². The van der Waals surface area contributed by atoms with Gasteiger partial charge in [0.1, 0.15) is 6.61 Å². The van der Waals surface area contributed by atoms with Crippen LogP contribution in [0, 0.1) is 5.92 Å². The minimum Gasteiger partial charge on any atom is -0.461 e. The molecule has 0 saturated carbocycles. The normalized spacial score (nSPS) is 8.77. The highest BCUT2D eigenvalue weighted by atomic mass is 35.5. The van der Waals surface area contributed by atoms with E-state index in [0.717, 1.165) is 0 Å². The highest BCUT2D eigenvalue weighted by Gasteiger charge is 2.10. The van der Waals surface area contributed by atoms with E-state index < -0.39 is 0 Å². The molecule has 0 spiro atoms. The van der Waals surface area contributed by atoms with Crippen molar-refractivity contribution in [2.24, 2.45) is 11.7 Å². The van der Waals surface area contributed by atoms with Crippen molar-refractivity contribution in [3.05, 3.63) is 12.2 Å². The summed E-state index contributed by atoms with van der Waals surface area (Å²) in [6.45, 7) is 8.01. The summed E-state index contributed by atoms with van der Waals surface area (Å²) in [6.07, 6.45) is 1.47. The number of carbonyl (C=O) groups is 1. The molecule has 0 aromatic carbocycles. The van der Waals surface area contributed by atoms with E-state index in [-0.39, 0.29) is 18.5 Å². The fourth-order valence-corrected chi connectivity index (χ4v) is 0.480. The zero-order valence-corrected chi connectivity index (χ0v) is 9.23. The summed E-state index contributed by atoms with van der Waals surface area (Å²) < 4.78 is 4.75. The van der Waals surface area contributed by atoms with Crippen LogP contribution in [0.3, 0.4) is 0 Å². The second kappa shape index (κ2) is 9.55. The standard InChI is InChI=1S/C8H15NO2.CH3Cl/c1-6(2)7(3)8(10)11-5-4-9;1-2/h6H,3-5,9H2,1-2H3;1H3. The lowest BCUT2D eigenvalue weighted by Crippen LogP contribution is -2.16. The molecule has 0 fully saturated rings. The van der Waals surface area contributed by atoms with Gasteiger partial charge in [-0.2, -0.15) is 0 Å². The lowest BCUT2D eigenvalue weighted by molar-refractivity contribution is -0.139. The van der Waals surface area contributed by atoms with E-state index in [4.69, 9.17) is 10.5 Å². The Balaban J connectivity index is 0. The molecule has 78 valence electrons. The number of hydrogen-bond donors (Lipinski definition) is 1. The Morgan fingerprint density at radius 3 is 2.31 bits per heavy atom. The molecule has 0 aliphatic carbocycles. The van der Waals surface area contributed by atoms with Crippen LogP contribution >= 0.6 is 11.6 Å². The average Bonchev–Trinajstić information content (AvgIpc) is 2.16. The smallest absolute Gasteiger partial charge is 0.333 e. The quantitative estimate of drug-likeness (QED) is 0.433. The number of halogens is 1. The average molecular weight is 208 g/mol. The zero-order chi connectivity index (χ0) is 10.9. The number of nitrogens with two attached hydrogens (primary N) is 1. The van der Waals surface area contributed by atoms with Crippen LogP contribution in [0.2, 0.25) is 0 Å². The molecule has 0 rings (SSSR count). The van der Waals surface area contributed by atoms with Crippen LogP contribution in [0.15, 0.2) is 12.2 Å². The van der Waals surface area contributed by atoms with Crippen LogP contribution in [0.25, 0.3) is 0 Å². The number of hydrogen-bond acceptors (Lipinski definition) is 3. The summed E-state index contributed by atoms with van der Waals surface area (Å²) in [6, 6.07) is 0. The third-order valence-corrected chi connectivity index (χ3v) is 1.31. The number of carbonyl (C=O) groups excluding carboxylic acids is 1. The van der Waals surface area contributed by atoms with Gasteiger partial charge in [0.2, 0.25) is 0 Å². The third-order valence-electron chi connectivity index (χ3n) is 1.31. The molecule has 0 aliphatic heterocycles. The van der Waals surface area contributed by atoms with Gasteiger partial charge in [0.15, 0.2) is 0 Å². The van der Waals surface area contributed by atoms with Crippen LogP contribution in [0.4, 0.5) is 0 Å². The summed E-state index contributed by atoms with van der Waals surface area (Å²) in [4.78, 5) is 11.0. The van der Waals surface area contributed by atoms with Crippen molar-refractivity contribution < 1.29 is 9.53 Å². The van der Waals surface area contributed by atoms with Crippen LogP contribution in [0.1, 0.15) is 13.8 Å². The first-order chi connectivity index (χ1) is 6.09. The molecule has 0 aliphatic rings. The lowest BCUT2D eigenvalue weighted by atomic mass is 10.1. The van der Waals surface area contributed by atoms with E-state index in [1.54, 1.807) is 0 Å². The van der Waals surface area contributed by atoms with Crippen LogP contribution < -0.4 is 5.73 Å². The van der Waals surface area contributed by atoms with Gasteiger partial charge in [-0.1, -0.05) is 20.4 Å². The monoisotopic (exact) mass is 207 g/mol. The Labute approximate surface area is 84.9 Å². The maximum atomic E-state index is 11.0. The van der Waals surface area contributed by atoms with Gasteiger partial charge < -0.3 is 10.5 Å². The Hall–Kier alpha value is -0.540. The van der Waals surface area contributed by atoms with Gasteiger partial charge >= 0.3 is 5.97 Å². The Bertz CT molecular complexity index is 158. The van der Waals surface area contributed by atoms with Gasteiger partial charge in [-0.05, 0) is 5.92 Å². The molecule has 2 N–H and O–H groups in total. The van der Waals surface area contributed by atoms with E-state index in [2.05, 4.69) is 18.2 Å². The lowest BCUT2D eigenvalue weighted by Gasteiger charge is -2.07. The topological polar surface area (TPSA) is 52.3 Å². The van der Waals surface area contributed by atoms with Gasteiger partial charge in [0.25, 0.3) is 0 Å². The number of rotatable bonds is 4. The second-order valence-corrected chi connectivity index (χ2v) is 2.60. The molecule has 0 amide bonds. The van der Waals surface area contributed by atoms with Crippen molar-refractivity contribution in [2.45, 2.75) is 13.8 Å². The molecule has 0 saturated heterocycles. The fourth-order valence-electron chi connectivity index (χ4n) is 0.480. The minimum absolute atomic E-state index is 0.139. The summed E-state index contributed by atoms with van der Waals surface area (Å²) in [5.41, 5.74) is 5.64. The Morgan fingerprint density at radius 2 is 2.00 bits per heavy atom. The van der Waals surface area contributed by atoms with Crippen LogP contribution in [0.5, 0.6) is 0 Å². The SMILES string of the molecule is C=C(C(=O)OCCN)C(C)C.CCl. The summed E-state index contributed by atoms with van der Waals surface area (Å²) >= 11 is 4.64. The molecule has 4 heteroatoms. The minimum atomic E-state index is -0.342. The zero-order valence-electron chi connectivity index (χ0n) is 8.47. The highest BCUT2D eigenvalue weighted by molar-refractivity contribution is 6.15. The predicted molar refractivity (Wildman–Crippen MR) is 55.8 cm³/mol. The molecule has 0 aromatic heterocycles. The van der Waals surface area contributed by atoms with E-state index in [1.807, 2.05) is 13.8 Å².